The van der Waals surface area contributed by atoms with Crippen LogP contribution in [0.2, 0.25) is 0 Å². The summed E-state index contributed by atoms with van der Waals surface area (Å²) < 4.78 is 51.6. The van der Waals surface area contributed by atoms with Gasteiger partial charge < -0.3 is 73.4 Å². The number of thiophene rings is 1. The minimum Gasteiger partial charge on any atom is -0.507 e. The highest BCUT2D eigenvalue weighted by Crippen LogP contribution is 2.49. The van der Waals surface area contributed by atoms with E-state index in [1.807, 2.05) is 111 Å². The number of halogens is 1. The SMILES string of the molecule is CCOC(=O)c1ccc(N2C(=O)C(=O)C(=C(O)c3ccccc3)C2c2ccc(OC)cc2OC)cc1.COc1cc(C2C(C(=O)c3cccs3)=C(O)C(=O)N2CCc2ccccc2)cc(C)c1O.COc1ccccc1C1C(=C(O)c2cc(C)ccc2C)C(=O)C(=O)N1CCN1CCOCC1.O=C1C(=O)N(Cc2cccnc2)C(c2cccc(Oc3ccccc3)c2)C1=C(O)c1ccc(F)cc1. The smallest absolute Gasteiger partial charge is 0.338 e. The molecule has 4 fully saturated rings. The van der Waals surface area contributed by atoms with E-state index in [0.717, 1.165) is 35.3 Å². The molecule has 0 aliphatic carbocycles. The molecule has 0 saturated carbocycles. The van der Waals surface area contributed by atoms with Crippen molar-refractivity contribution < 1.29 is 106 Å². The summed E-state index contributed by atoms with van der Waals surface area (Å²) in [6.07, 6.45) is 3.80. The lowest BCUT2D eigenvalue weighted by Crippen LogP contribution is -2.42. The Balaban J connectivity index is 0.000000146. The van der Waals surface area contributed by atoms with Crippen molar-refractivity contribution in [3.05, 3.63) is 390 Å². The van der Waals surface area contributed by atoms with Crippen molar-refractivity contribution in [3.63, 3.8) is 0 Å². The number of aliphatic hydroxyl groups is 4. The normalized spacial score (nSPS) is 17.6. The summed E-state index contributed by atoms with van der Waals surface area (Å²) in [7, 11) is 5.98. The van der Waals surface area contributed by atoms with Crippen molar-refractivity contribution in [2.45, 2.75) is 64.8 Å². The average molecular weight is 1870 g/mol. The van der Waals surface area contributed by atoms with E-state index < -0.39 is 82.7 Å². The number of aromatic nitrogens is 1. The summed E-state index contributed by atoms with van der Waals surface area (Å²) in [6.45, 7) is 11.7. The maximum absolute atomic E-state index is 13.5. The highest BCUT2D eigenvalue weighted by Gasteiger charge is 2.51. The number of aliphatic hydroxyl groups excluding tert-OH is 4. The lowest BCUT2D eigenvalue weighted by atomic mass is 9.93. The predicted octanol–water partition coefficient (Wildman–Crippen LogP) is 17.8. The zero-order valence-corrected chi connectivity index (χ0v) is 77.0. The van der Waals surface area contributed by atoms with Crippen molar-refractivity contribution in [1.29, 1.82) is 0 Å². The Labute approximate surface area is 794 Å². The molecule has 5 N–H and O–H groups in total. The molecule has 0 bridgehead atoms. The van der Waals surface area contributed by atoms with Crippen LogP contribution in [0.3, 0.4) is 0 Å². The minimum absolute atomic E-state index is 0.00394. The van der Waals surface area contributed by atoms with Crippen molar-refractivity contribution in [3.8, 4) is 40.2 Å². The van der Waals surface area contributed by atoms with Gasteiger partial charge >= 0.3 is 5.97 Å². The number of likely N-dealkylation sites (tertiary alicyclic amines) is 2. The first-order valence-electron chi connectivity index (χ1n) is 43.9. The fourth-order valence-electron chi connectivity index (χ4n) is 16.9. The third-order valence-electron chi connectivity index (χ3n) is 23.8. The molecule has 700 valence electrons. The third-order valence-corrected chi connectivity index (χ3v) is 24.6. The maximum atomic E-state index is 13.5. The molecule has 27 nitrogen and oxygen atoms in total. The van der Waals surface area contributed by atoms with Crippen LogP contribution in [-0.4, -0.2) is 184 Å². The molecule has 0 spiro atoms. The molecular formula is C108H99FN6O21S. The van der Waals surface area contributed by atoms with E-state index in [9.17, 15) is 73.1 Å². The second-order valence-electron chi connectivity index (χ2n) is 32.3. The van der Waals surface area contributed by atoms with Crippen molar-refractivity contribution in [2.24, 2.45) is 0 Å². The van der Waals surface area contributed by atoms with Crippen molar-refractivity contribution in [1.82, 2.24) is 24.6 Å². The maximum Gasteiger partial charge on any atom is 0.338 e. The average Bonchev–Trinajstić information content (AvgIpc) is 1.62. The second-order valence-corrected chi connectivity index (χ2v) is 33.2. The number of ether oxygens (including phenoxy) is 7. The van der Waals surface area contributed by atoms with E-state index in [-0.39, 0.29) is 75.6 Å². The topological polar surface area (TPSA) is 348 Å². The van der Waals surface area contributed by atoms with Gasteiger partial charge in [-0.05, 0) is 194 Å². The molecule has 4 unspecified atom stereocenters. The Morgan fingerprint density at radius 2 is 1.08 bits per heavy atom. The van der Waals surface area contributed by atoms with Gasteiger partial charge in [-0.25, -0.2) is 9.18 Å². The van der Waals surface area contributed by atoms with Gasteiger partial charge in [0.15, 0.2) is 17.3 Å². The standard InChI is InChI=1S/C29H21FN2O4.C28H25NO7.C26H30N2O5.C25H23NO5S/c30-22-13-11-20(12-14-22)27(33)25-26(32(29(35)28(25)34)18-19-6-5-15-31-17-19)21-7-4-10-24(16-21)36-23-8-2-1-3-9-23;1-4-36-28(33)18-10-12-19(13-11-18)29-24(21-15-14-20(34-2)16-22(21)35-3)23(26(31)27(29)32)25(30)17-8-6-5-7-9-17;1-17-8-9-18(2)20(16-17)24(29)22-23(19-6-4-5-7-21(19)32-3)28(26(31)25(22)30)11-10-27-12-14-33-15-13-27;1-15-13-17(14-18(31-2)22(15)27)21-20(23(28)19-9-6-12-32-19)24(29)25(30)26(21)11-10-16-7-4-3-5-8-16/h1-17,26,33H,18H2;5-16,24,30H,4H2,1-3H3;4-9,16,23,29H,10-15H2,1-3H3;3-9,12-14,21,27,29H,10-11H2,1-2H3. The number of phenols is 1. The molecule has 5 aliphatic rings. The number of hydrogen-bond donors (Lipinski definition) is 5. The number of anilines is 1. The van der Waals surface area contributed by atoms with E-state index in [0.29, 0.717) is 123 Å². The number of aryl methyl sites for hydroxylation is 3. The molecule has 4 amide bonds. The fourth-order valence-corrected chi connectivity index (χ4v) is 17.6. The number of pyridine rings is 1. The highest BCUT2D eigenvalue weighted by molar-refractivity contribution is 7.12. The lowest BCUT2D eigenvalue weighted by molar-refractivity contribution is -0.140. The van der Waals surface area contributed by atoms with Crippen LogP contribution in [-0.2, 0) is 56.0 Å². The van der Waals surface area contributed by atoms with Crippen LogP contribution >= 0.6 is 11.3 Å². The quantitative estimate of drug-likeness (QED) is 0.0110. The molecule has 4 atom stereocenters. The molecular weight excluding hydrogens is 1770 g/mol. The van der Waals surface area contributed by atoms with Crippen LogP contribution in [0.5, 0.6) is 40.2 Å². The van der Waals surface area contributed by atoms with E-state index >= 15 is 0 Å². The number of methoxy groups -OCH3 is 4. The molecule has 12 aromatic rings. The van der Waals surface area contributed by atoms with E-state index in [2.05, 4.69) is 9.88 Å². The van der Waals surface area contributed by atoms with Gasteiger partial charge in [-0.15, -0.1) is 11.3 Å². The molecule has 0 radical (unpaired) electrons. The summed E-state index contributed by atoms with van der Waals surface area (Å²) in [4.78, 5) is 131. The van der Waals surface area contributed by atoms with Crippen LogP contribution in [0.1, 0.15) is 118 Å². The summed E-state index contributed by atoms with van der Waals surface area (Å²) in [5.74, 6) is -5.00. The summed E-state index contributed by atoms with van der Waals surface area (Å²) in [5, 5.41) is 56.5. The van der Waals surface area contributed by atoms with Gasteiger partial charge in [-0.3, -0.25) is 53.1 Å². The number of benzene rings is 10. The number of morpholine rings is 1. The van der Waals surface area contributed by atoms with Gasteiger partial charge in [0.2, 0.25) is 5.78 Å². The van der Waals surface area contributed by atoms with E-state index in [1.54, 1.807) is 171 Å². The monoisotopic (exact) mass is 1870 g/mol. The van der Waals surface area contributed by atoms with Gasteiger partial charge in [0, 0.05) is 91.2 Å². The van der Waals surface area contributed by atoms with Crippen LogP contribution in [0.15, 0.2) is 307 Å². The number of ketones is 4. The molecule has 137 heavy (non-hydrogen) atoms. The van der Waals surface area contributed by atoms with E-state index in [4.69, 9.17) is 33.2 Å². The minimum atomic E-state index is -1.00. The third kappa shape index (κ3) is 21.4. The Morgan fingerprint density at radius 1 is 0.482 bits per heavy atom. The number of hydrogen-bond acceptors (Lipinski definition) is 24. The molecule has 5 aliphatic heterocycles. The van der Waals surface area contributed by atoms with Gasteiger partial charge in [0.05, 0.1) is 105 Å². The molecule has 17 rings (SSSR count). The van der Waals surface area contributed by atoms with Gasteiger partial charge in [-0.2, -0.15) is 0 Å². The number of para-hydroxylation sites is 2. The Morgan fingerprint density at radius 3 is 1.73 bits per heavy atom. The zero-order chi connectivity index (χ0) is 97.3. The van der Waals surface area contributed by atoms with E-state index in [1.165, 1.54) is 83.8 Å². The van der Waals surface area contributed by atoms with Gasteiger partial charge in [0.1, 0.15) is 51.8 Å². The molecule has 7 heterocycles. The van der Waals surface area contributed by atoms with Gasteiger partial charge in [-0.1, -0.05) is 139 Å². The Hall–Kier alpha value is -16.1. The number of rotatable bonds is 26. The van der Waals surface area contributed by atoms with Crippen molar-refractivity contribution >= 4 is 87.0 Å². The van der Waals surface area contributed by atoms with Gasteiger partial charge in [0.25, 0.3) is 41.0 Å². The van der Waals surface area contributed by atoms with Crippen LogP contribution in [0, 0.1) is 26.6 Å². The highest BCUT2D eigenvalue weighted by atomic mass is 32.1. The van der Waals surface area contributed by atoms with Crippen molar-refractivity contribution in [2.75, 3.05) is 85.9 Å². The lowest BCUT2D eigenvalue weighted by Gasteiger charge is -2.31. The molecule has 29 heteroatoms. The number of esters is 1. The molecule has 2 aromatic heterocycles. The second kappa shape index (κ2) is 44.2. The zero-order valence-electron chi connectivity index (χ0n) is 76.2. The number of carbonyl (C=O) groups is 9. The van der Waals surface area contributed by atoms with Crippen LogP contribution in [0.25, 0.3) is 17.3 Å². The number of nitrogens with zero attached hydrogens (tertiary/aromatic N) is 6. The first kappa shape index (κ1) is 96.9. The number of carbonyl (C=O) groups excluding carboxylic acids is 9. The first-order chi connectivity index (χ1) is 66.2. The summed E-state index contributed by atoms with van der Waals surface area (Å²) >= 11 is 1.25. The Bertz CT molecular complexity index is 6630. The first-order valence-corrected chi connectivity index (χ1v) is 44.8. The number of Topliss-reactive ketones (excluding diaryl/α,β-unsaturated/α-hetero) is 4. The number of aromatic hydroxyl groups is 1. The fraction of sp³-hybridized carbons (Fsp3) is 0.204. The Kier molecular flexibility index (Phi) is 31.2. The van der Waals surface area contributed by atoms with Crippen LogP contribution < -0.4 is 28.6 Å². The molecule has 10 aromatic carbocycles. The summed E-state index contributed by atoms with van der Waals surface area (Å²) in [5.41, 5.74) is 8.24. The summed E-state index contributed by atoms with van der Waals surface area (Å²) in [6, 6.07) is 70.6. The largest absolute Gasteiger partial charge is 0.507 e. The molecule has 4 saturated heterocycles. The van der Waals surface area contributed by atoms with Crippen LogP contribution in [0.4, 0.5) is 10.1 Å². The number of phenolic OH excluding ortho intramolecular Hbond substituents is 1. The predicted molar refractivity (Wildman–Crippen MR) is 512 cm³/mol. The number of amides is 4.